The summed E-state index contributed by atoms with van der Waals surface area (Å²) >= 11 is 0. The van der Waals surface area contributed by atoms with Crippen LogP contribution in [0.3, 0.4) is 0 Å². The summed E-state index contributed by atoms with van der Waals surface area (Å²) in [5.41, 5.74) is 6.48. The molecule has 0 atom stereocenters. The molecule has 1 aliphatic carbocycles. The maximum absolute atomic E-state index is 6.25. The quantitative estimate of drug-likeness (QED) is 0.687. The van der Waals surface area contributed by atoms with E-state index in [1.54, 1.807) is 0 Å². The number of nitrogens with two attached hydrogens (primary N) is 1. The Balaban J connectivity index is 2.13. The van der Waals surface area contributed by atoms with Crippen molar-refractivity contribution in [1.82, 2.24) is 0 Å². The van der Waals surface area contributed by atoms with Crippen LogP contribution in [0.4, 0.5) is 0 Å². The van der Waals surface area contributed by atoms with Crippen molar-refractivity contribution in [3.63, 3.8) is 0 Å². The van der Waals surface area contributed by atoms with Crippen LogP contribution < -0.4 is 5.73 Å². The van der Waals surface area contributed by atoms with E-state index >= 15 is 0 Å². The molecule has 0 aromatic heterocycles. The van der Waals surface area contributed by atoms with Crippen LogP contribution >= 0.6 is 0 Å². The molecule has 0 aromatic carbocycles. The zero-order valence-corrected chi connectivity index (χ0v) is 8.60. The van der Waals surface area contributed by atoms with Gasteiger partial charge in [-0.1, -0.05) is 39.5 Å². The van der Waals surface area contributed by atoms with Crippen LogP contribution in [0.1, 0.15) is 58.8 Å². The van der Waals surface area contributed by atoms with Gasteiger partial charge in [-0.15, -0.1) is 0 Å². The van der Waals surface area contributed by atoms with Gasteiger partial charge in [0.05, 0.1) is 0 Å². The highest BCUT2D eigenvalue weighted by Gasteiger charge is 2.28. The minimum absolute atomic E-state index is 0.231. The summed E-state index contributed by atoms with van der Waals surface area (Å²) in [6.07, 6.45) is 9.19. The maximum Gasteiger partial charge on any atom is 0.0154 e. The maximum atomic E-state index is 6.25. The predicted molar refractivity (Wildman–Crippen MR) is 54.1 cm³/mol. The first-order chi connectivity index (χ1) is 5.62. The summed E-state index contributed by atoms with van der Waals surface area (Å²) in [4.78, 5) is 0. The first kappa shape index (κ1) is 10.0. The zero-order valence-electron chi connectivity index (χ0n) is 8.60. The Kier molecular flexibility index (Phi) is 3.57. The summed E-state index contributed by atoms with van der Waals surface area (Å²) in [6, 6.07) is 0. The molecule has 0 amide bonds. The van der Waals surface area contributed by atoms with Crippen LogP contribution in [0.5, 0.6) is 0 Å². The summed E-state index contributed by atoms with van der Waals surface area (Å²) < 4.78 is 0. The molecule has 0 heterocycles. The van der Waals surface area contributed by atoms with Gasteiger partial charge in [0.25, 0.3) is 0 Å². The van der Waals surface area contributed by atoms with E-state index in [1.807, 2.05) is 0 Å². The number of hydrogen-bond acceptors (Lipinski definition) is 1. The summed E-state index contributed by atoms with van der Waals surface area (Å²) in [5, 5.41) is 0. The fourth-order valence-electron chi connectivity index (χ4n) is 2.19. The Bertz CT molecular complexity index is 123. The van der Waals surface area contributed by atoms with Crippen molar-refractivity contribution in [2.24, 2.45) is 11.7 Å². The normalized spacial score (nSPS) is 22.0. The predicted octanol–water partition coefficient (Wildman–Crippen LogP) is 3.08. The first-order valence-electron chi connectivity index (χ1n) is 5.41. The van der Waals surface area contributed by atoms with E-state index in [0.29, 0.717) is 0 Å². The van der Waals surface area contributed by atoms with Crippen molar-refractivity contribution in [3.05, 3.63) is 0 Å². The molecule has 0 unspecified atom stereocenters. The highest BCUT2D eigenvalue weighted by molar-refractivity contribution is 4.88. The van der Waals surface area contributed by atoms with Gasteiger partial charge in [-0.2, -0.15) is 0 Å². The first-order valence-corrected chi connectivity index (χ1v) is 5.41. The molecule has 2 N–H and O–H groups in total. The second kappa shape index (κ2) is 4.27. The lowest BCUT2D eigenvalue weighted by atomic mass is 9.90. The van der Waals surface area contributed by atoms with Gasteiger partial charge < -0.3 is 5.73 Å². The van der Waals surface area contributed by atoms with E-state index in [4.69, 9.17) is 5.73 Å². The molecule has 1 aliphatic rings. The molecule has 72 valence electrons. The molecule has 0 aliphatic heterocycles. The summed E-state index contributed by atoms with van der Waals surface area (Å²) in [5.74, 6) is 0.843. The SMILES string of the molecule is CC(C)CCCC1(N)CCCC1. The summed E-state index contributed by atoms with van der Waals surface area (Å²) in [7, 11) is 0. The number of hydrogen-bond donors (Lipinski definition) is 1. The van der Waals surface area contributed by atoms with Gasteiger partial charge in [-0.05, 0) is 25.2 Å². The number of rotatable bonds is 4. The molecular formula is C11H23N. The second-order valence-electron chi connectivity index (χ2n) is 4.86. The molecule has 1 rings (SSSR count). The Hall–Kier alpha value is -0.0400. The highest BCUT2D eigenvalue weighted by Crippen LogP contribution is 2.31. The van der Waals surface area contributed by atoms with Crippen LogP contribution in [0.2, 0.25) is 0 Å². The largest absolute Gasteiger partial charge is 0.325 e. The molecule has 0 saturated heterocycles. The van der Waals surface area contributed by atoms with Crippen molar-refractivity contribution in [2.75, 3.05) is 0 Å². The van der Waals surface area contributed by atoms with E-state index in [2.05, 4.69) is 13.8 Å². The van der Waals surface area contributed by atoms with Crippen LogP contribution in [-0.4, -0.2) is 5.54 Å². The average molecular weight is 169 g/mol. The minimum atomic E-state index is 0.231. The topological polar surface area (TPSA) is 26.0 Å². The lowest BCUT2D eigenvalue weighted by Crippen LogP contribution is -2.36. The van der Waals surface area contributed by atoms with E-state index in [-0.39, 0.29) is 5.54 Å². The van der Waals surface area contributed by atoms with Gasteiger partial charge in [0.2, 0.25) is 0 Å². The Morgan fingerprint density at radius 2 is 1.83 bits per heavy atom. The third kappa shape index (κ3) is 3.14. The molecule has 0 radical (unpaired) electrons. The second-order valence-corrected chi connectivity index (χ2v) is 4.86. The van der Waals surface area contributed by atoms with Crippen LogP contribution in [0, 0.1) is 5.92 Å². The summed E-state index contributed by atoms with van der Waals surface area (Å²) in [6.45, 7) is 4.58. The third-order valence-corrected chi connectivity index (χ3v) is 3.06. The smallest absolute Gasteiger partial charge is 0.0154 e. The van der Waals surface area contributed by atoms with Crippen molar-refractivity contribution < 1.29 is 0 Å². The van der Waals surface area contributed by atoms with Crippen LogP contribution in [0.15, 0.2) is 0 Å². The molecule has 1 fully saturated rings. The molecule has 0 aromatic rings. The lowest BCUT2D eigenvalue weighted by molar-refractivity contribution is 0.373. The zero-order chi connectivity index (χ0) is 9.03. The monoisotopic (exact) mass is 169 g/mol. The van der Waals surface area contributed by atoms with Crippen molar-refractivity contribution in [2.45, 2.75) is 64.3 Å². The molecule has 1 heteroatoms. The highest BCUT2D eigenvalue weighted by atomic mass is 14.7. The fourth-order valence-corrected chi connectivity index (χ4v) is 2.19. The third-order valence-electron chi connectivity index (χ3n) is 3.06. The lowest BCUT2D eigenvalue weighted by Gasteiger charge is -2.23. The van der Waals surface area contributed by atoms with E-state index in [0.717, 1.165) is 5.92 Å². The minimum Gasteiger partial charge on any atom is -0.325 e. The van der Waals surface area contributed by atoms with Gasteiger partial charge in [0.15, 0.2) is 0 Å². The molecule has 1 nitrogen and oxygen atoms in total. The van der Waals surface area contributed by atoms with Crippen molar-refractivity contribution >= 4 is 0 Å². The molecule has 12 heavy (non-hydrogen) atoms. The molecular weight excluding hydrogens is 146 g/mol. The van der Waals surface area contributed by atoms with Crippen LogP contribution in [-0.2, 0) is 0 Å². The van der Waals surface area contributed by atoms with Gasteiger partial charge >= 0.3 is 0 Å². The van der Waals surface area contributed by atoms with Gasteiger partial charge in [-0.25, -0.2) is 0 Å². The Morgan fingerprint density at radius 1 is 1.25 bits per heavy atom. The van der Waals surface area contributed by atoms with Gasteiger partial charge in [0, 0.05) is 5.54 Å². The molecule has 0 spiro atoms. The Labute approximate surface area is 76.7 Å². The van der Waals surface area contributed by atoms with E-state index < -0.39 is 0 Å². The molecule has 1 saturated carbocycles. The van der Waals surface area contributed by atoms with Crippen LogP contribution in [0.25, 0.3) is 0 Å². The van der Waals surface area contributed by atoms with Gasteiger partial charge in [0.1, 0.15) is 0 Å². The van der Waals surface area contributed by atoms with Gasteiger partial charge in [-0.3, -0.25) is 0 Å². The molecule has 0 bridgehead atoms. The van der Waals surface area contributed by atoms with E-state index in [9.17, 15) is 0 Å². The van der Waals surface area contributed by atoms with E-state index in [1.165, 1.54) is 44.9 Å². The standard InChI is InChI=1S/C11H23N/c1-10(2)6-5-9-11(12)7-3-4-8-11/h10H,3-9,12H2,1-2H3. The average Bonchev–Trinajstić information content (AvgIpc) is 2.35. The Morgan fingerprint density at radius 3 is 2.33 bits per heavy atom. The van der Waals surface area contributed by atoms with Crippen molar-refractivity contribution in [3.8, 4) is 0 Å². The fraction of sp³-hybridized carbons (Fsp3) is 1.00. The van der Waals surface area contributed by atoms with Crippen molar-refractivity contribution in [1.29, 1.82) is 0 Å².